The molecule has 0 saturated carbocycles. The van der Waals surface area contributed by atoms with Gasteiger partial charge in [0.05, 0.1) is 30.4 Å². The highest BCUT2D eigenvalue weighted by Gasteiger charge is 2.22. The number of aliphatic hydroxyl groups is 1. The van der Waals surface area contributed by atoms with Crippen molar-refractivity contribution in [2.24, 2.45) is 0 Å². The molecule has 1 atom stereocenters. The molecule has 4 aromatic heterocycles. The quantitative estimate of drug-likeness (QED) is 0.304. The largest absolute Gasteiger partial charge is 0.393 e. The minimum absolute atomic E-state index is 0.161. The summed E-state index contributed by atoms with van der Waals surface area (Å²) in [6.45, 7) is 4.11. The third-order valence-corrected chi connectivity index (χ3v) is 7.12. The van der Waals surface area contributed by atoms with Gasteiger partial charge < -0.3 is 20.5 Å². The number of ether oxygens (including phenoxy) is 1. The number of piperazine rings is 1. The van der Waals surface area contributed by atoms with Crippen molar-refractivity contribution in [2.45, 2.75) is 12.6 Å². The second-order valence-electron chi connectivity index (χ2n) is 9.41. The number of anilines is 2. The molecule has 0 radical (unpaired) electrons. The number of nitrogen functional groups attached to an aromatic ring is 1. The molecule has 202 valence electrons. The summed E-state index contributed by atoms with van der Waals surface area (Å²) in [5.74, 6) is 0.416. The number of aliphatic hydroxyl groups excluding tert-OH is 1. The maximum atomic E-state index is 14.6. The first-order valence-corrected chi connectivity index (χ1v) is 12.7. The van der Waals surface area contributed by atoms with Crippen molar-refractivity contribution in [1.29, 1.82) is 0 Å². The minimum atomic E-state index is -0.474. The predicted octanol–water partition coefficient (Wildman–Crippen LogP) is 1.76. The highest BCUT2D eigenvalue weighted by Crippen LogP contribution is 2.27. The van der Waals surface area contributed by atoms with Crippen LogP contribution in [0.5, 0.6) is 0 Å². The third-order valence-electron chi connectivity index (χ3n) is 7.12. The van der Waals surface area contributed by atoms with Crippen LogP contribution in [0.4, 0.5) is 16.0 Å². The summed E-state index contributed by atoms with van der Waals surface area (Å²) in [6.07, 6.45) is 2.96. The highest BCUT2D eigenvalue weighted by molar-refractivity contribution is 5.90. The van der Waals surface area contributed by atoms with E-state index in [0.29, 0.717) is 48.1 Å². The molecule has 6 rings (SSSR count). The molecule has 0 aliphatic carbocycles. The molecular weight excluding hydrogens is 503 g/mol. The molecule has 5 aromatic rings. The fraction of sp³-hybridized carbons (Fsp3) is 0.346. The Kier molecular flexibility index (Phi) is 6.77. The maximum absolute atomic E-state index is 14.6. The minimum Gasteiger partial charge on any atom is -0.393 e. The van der Waals surface area contributed by atoms with Crippen LogP contribution in [0.25, 0.3) is 28.2 Å². The van der Waals surface area contributed by atoms with Gasteiger partial charge in [-0.15, -0.1) is 5.10 Å². The first kappa shape index (κ1) is 25.1. The van der Waals surface area contributed by atoms with Gasteiger partial charge in [-0.1, -0.05) is 12.1 Å². The van der Waals surface area contributed by atoms with Gasteiger partial charge in [0.1, 0.15) is 17.6 Å². The van der Waals surface area contributed by atoms with Crippen LogP contribution < -0.4 is 10.6 Å². The lowest BCUT2D eigenvalue weighted by molar-refractivity contribution is 0.0484. The Balaban J connectivity index is 1.14. The highest BCUT2D eigenvalue weighted by atomic mass is 19.1. The smallest absolute Gasteiger partial charge is 0.225 e. The zero-order chi connectivity index (χ0) is 26.9. The van der Waals surface area contributed by atoms with E-state index in [1.54, 1.807) is 24.5 Å². The van der Waals surface area contributed by atoms with Crippen molar-refractivity contribution in [3.05, 3.63) is 60.2 Å². The Morgan fingerprint density at radius 2 is 1.92 bits per heavy atom. The summed E-state index contributed by atoms with van der Waals surface area (Å²) in [4.78, 5) is 17.9. The van der Waals surface area contributed by atoms with Crippen LogP contribution in [0.2, 0.25) is 0 Å². The Hall–Kier alpha value is -4.20. The van der Waals surface area contributed by atoms with Gasteiger partial charge >= 0.3 is 0 Å². The van der Waals surface area contributed by atoms with E-state index >= 15 is 0 Å². The molecule has 3 N–H and O–H groups in total. The van der Waals surface area contributed by atoms with Crippen LogP contribution in [-0.4, -0.2) is 90.8 Å². The SMILES string of the molecule is COC(CO)c1ccc(F)c(N2CCN(CCn3ncc4c3nc(N)n3nc(-c5ccccn5)nc43)CC2)c1. The van der Waals surface area contributed by atoms with E-state index in [0.717, 1.165) is 30.6 Å². The van der Waals surface area contributed by atoms with Crippen molar-refractivity contribution in [1.82, 2.24) is 39.2 Å². The number of aromatic nitrogens is 7. The molecule has 39 heavy (non-hydrogen) atoms. The summed E-state index contributed by atoms with van der Waals surface area (Å²) in [5.41, 5.74) is 9.40. The van der Waals surface area contributed by atoms with E-state index in [1.165, 1.54) is 17.7 Å². The summed E-state index contributed by atoms with van der Waals surface area (Å²) in [7, 11) is 1.53. The Labute approximate surface area is 223 Å². The molecule has 5 heterocycles. The average Bonchev–Trinajstić information content (AvgIpc) is 3.59. The van der Waals surface area contributed by atoms with Crippen molar-refractivity contribution in [2.75, 3.05) is 57.1 Å². The first-order chi connectivity index (χ1) is 19.1. The number of rotatable bonds is 8. The van der Waals surface area contributed by atoms with Crippen LogP contribution in [0.1, 0.15) is 11.7 Å². The molecule has 12 nitrogen and oxygen atoms in total. The Bertz CT molecular complexity index is 1590. The number of nitrogens with two attached hydrogens (primary N) is 1. The van der Waals surface area contributed by atoms with Crippen molar-refractivity contribution < 1.29 is 14.2 Å². The van der Waals surface area contributed by atoms with E-state index in [2.05, 4.69) is 30.0 Å². The Morgan fingerprint density at radius 1 is 1.08 bits per heavy atom. The molecule has 0 amide bonds. The monoisotopic (exact) mass is 532 g/mol. The summed E-state index contributed by atoms with van der Waals surface area (Å²) in [5, 5.41) is 19.3. The molecule has 1 aliphatic rings. The first-order valence-electron chi connectivity index (χ1n) is 12.7. The number of hydrogen-bond donors (Lipinski definition) is 2. The Morgan fingerprint density at radius 3 is 2.67 bits per heavy atom. The number of halogens is 1. The van der Waals surface area contributed by atoms with Gasteiger partial charge in [0.25, 0.3) is 0 Å². The molecule has 0 spiro atoms. The second-order valence-corrected chi connectivity index (χ2v) is 9.41. The fourth-order valence-corrected chi connectivity index (χ4v) is 4.96. The lowest BCUT2D eigenvalue weighted by Crippen LogP contribution is -2.47. The summed E-state index contributed by atoms with van der Waals surface area (Å²) in [6, 6.07) is 10.4. The van der Waals surface area contributed by atoms with Gasteiger partial charge in [0.15, 0.2) is 11.3 Å². The van der Waals surface area contributed by atoms with Crippen molar-refractivity contribution in [3.63, 3.8) is 0 Å². The average molecular weight is 533 g/mol. The lowest BCUT2D eigenvalue weighted by atomic mass is 10.1. The maximum Gasteiger partial charge on any atom is 0.225 e. The van der Waals surface area contributed by atoms with Gasteiger partial charge in [-0.05, 0) is 29.8 Å². The molecule has 1 fully saturated rings. The van der Waals surface area contributed by atoms with Crippen molar-refractivity contribution >= 4 is 28.3 Å². The van der Waals surface area contributed by atoms with E-state index in [9.17, 15) is 9.50 Å². The fourth-order valence-electron chi connectivity index (χ4n) is 4.96. The molecule has 1 aliphatic heterocycles. The molecule has 1 aromatic carbocycles. The van der Waals surface area contributed by atoms with Crippen LogP contribution in [0, 0.1) is 5.82 Å². The molecule has 1 unspecified atom stereocenters. The standard InChI is InChI=1S/C26H29FN10O2/c1-39-22(16-38)17-5-6-19(27)21(14-17)35-11-8-34(9-12-35)10-13-36-24-18(15-30-36)25-31-23(20-4-2-3-7-29-20)33-37(25)26(28)32-24/h2-7,14-15,22,38H,8-13,16H2,1H3,(H2,28,32). The van der Waals surface area contributed by atoms with Gasteiger partial charge in [-0.25, -0.2) is 14.1 Å². The van der Waals surface area contributed by atoms with Crippen molar-refractivity contribution in [3.8, 4) is 11.5 Å². The van der Waals surface area contributed by atoms with Gasteiger partial charge in [0, 0.05) is 46.0 Å². The molecule has 1 saturated heterocycles. The van der Waals surface area contributed by atoms with Gasteiger partial charge in [-0.3, -0.25) is 9.88 Å². The van der Waals surface area contributed by atoms with Crippen LogP contribution in [-0.2, 0) is 11.3 Å². The lowest BCUT2D eigenvalue weighted by Gasteiger charge is -2.36. The van der Waals surface area contributed by atoms with E-state index in [-0.39, 0.29) is 18.4 Å². The second kappa shape index (κ2) is 10.5. The molecule has 0 bridgehead atoms. The number of nitrogens with zero attached hydrogens (tertiary/aromatic N) is 9. The molecular formula is C26H29FN10O2. The number of fused-ring (bicyclic) bond motifs is 3. The number of pyridine rings is 1. The third kappa shape index (κ3) is 4.75. The number of hydrogen-bond acceptors (Lipinski definition) is 10. The molecule has 13 heteroatoms. The van der Waals surface area contributed by atoms with Gasteiger partial charge in [0.2, 0.25) is 11.8 Å². The normalized spacial score (nSPS) is 15.4. The van der Waals surface area contributed by atoms with Crippen LogP contribution >= 0.6 is 0 Å². The number of methoxy groups -OCH3 is 1. The van der Waals surface area contributed by atoms with E-state index in [4.69, 9.17) is 10.5 Å². The summed E-state index contributed by atoms with van der Waals surface area (Å²) >= 11 is 0. The predicted molar refractivity (Wildman–Crippen MR) is 144 cm³/mol. The summed E-state index contributed by atoms with van der Waals surface area (Å²) < 4.78 is 23.3. The zero-order valence-corrected chi connectivity index (χ0v) is 21.5. The van der Waals surface area contributed by atoms with E-state index < -0.39 is 6.10 Å². The van der Waals surface area contributed by atoms with Crippen LogP contribution in [0.15, 0.2) is 48.8 Å². The van der Waals surface area contributed by atoms with E-state index in [1.807, 2.05) is 27.8 Å². The number of benzene rings is 1. The zero-order valence-electron chi connectivity index (χ0n) is 21.5. The van der Waals surface area contributed by atoms with Crippen LogP contribution in [0.3, 0.4) is 0 Å². The topological polar surface area (TPSA) is 136 Å². The van der Waals surface area contributed by atoms with Gasteiger partial charge in [-0.2, -0.15) is 14.6 Å².